The summed E-state index contributed by atoms with van der Waals surface area (Å²) in [5.74, 6) is 0. The number of benzene rings is 2. The Morgan fingerprint density at radius 3 is 1.41 bits per heavy atom. The standard InChI is InChI=1S/C13H9.3ClH.Ti/c1-3-7-12-10(5-1)9-11-6-2-4-8-13(11)12;;;;/h1-9H;3*1H;/q;;;;+3/p-3. The average Bonchev–Trinajstić information content (AvgIpc) is 2.55. The first-order valence-electron chi connectivity index (χ1n) is 4.77. The summed E-state index contributed by atoms with van der Waals surface area (Å²) in [6, 6.07) is 17.4. The Labute approximate surface area is 132 Å². The Balaban J connectivity index is 0.000000853. The molecule has 1 aliphatic rings. The molecule has 0 heterocycles. The molecule has 0 aliphatic heterocycles. The van der Waals surface area contributed by atoms with Crippen molar-refractivity contribution < 1.29 is 57.7 Å². The van der Waals surface area contributed by atoms with Crippen molar-refractivity contribution in [3.8, 4) is 11.1 Å². The zero-order valence-electron chi connectivity index (χ0n) is 8.83. The van der Waals surface area contributed by atoms with Crippen molar-refractivity contribution in [2.24, 2.45) is 0 Å². The van der Waals surface area contributed by atoms with Gasteiger partial charge < -0.3 is 37.2 Å². The minimum atomic E-state index is 0. The maximum atomic E-state index is 2.28. The predicted molar refractivity (Wildman–Crippen MR) is 53.7 cm³/mol. The van der Waals surface area contributed by atoms with Crippen molar-refractivity contribution in [1.82, 2.24) is 0 Å². The normalized spacial score (nSPS) is 11.4. The SMILES string of the molecule is [Cl-].[Cl-].[Cl-].[Ti+3][CH]1c2ccccc2-c2ccccc21. The van der Waals surface area contributed by atoms with Crippen LogP contribution in [0.25, 0.3) is 11.1 Å². The molecule has 0 aromatic heterocycles. The van der Waals surface area contributed by atoms with Gasteiger partial charge in [-0.2, -0.15) is 0 Å². The molecule has 0 spiro atoms. The fraction of sp³-hybridized carbons (Fsp3) is 0.0769. The molecule has 0 saturated heterocycles. The van der Waals surface area contributed by atoms with Crippen molar-refractivity contribution in [1.29, 1.82) is 0 Å². The molecule has 2 aromatic carbocycles. The molecule has 86 valence electrons. The molecule has 0 atom stereocenters. The van der Waals surface area contributed by atoms with Gasteiger partial charge in [-0.25, -0.2) is 0 Å². The molecule has 17 heavy (non-hydrogen) atoms. The summed E-state index contributed by atoms with van der Waals surface area (Å²) in [5.41, 5.74) is 5.76. The molecule has 3 rings (SSSR count). The van der Waals surface area contributed by atoms with E-state index in [1.807, 2.05) is 0 Å². The Morgan fingerprint density at radius 1 is 0.647 bits per heavy atom. The molecule has 0 fully saturated rings. The van der Waals surface area contributed by atoms with Gasteiger partial charge in [0.1, 0.15) is 0 Å². The van der Waals surface area contributed by atoms with Gasteiger partial charge in [-0.3, -0.25) is 0 Å². The molecule has 0 unspecified atom stereocenters. The zero-order valence-corrected chi connectivity index (χ0v) is 12.7. The van der Waals surface area contributed by atoms with E-state index in [9.17, 15) is 0 Å². The van der Waals surface area contributed by atoms with Crippen molar-refractivity contribution in [2.75, 3.05) is 0 Å². The topological polar surface area (TPSA) is 0 Å². The van der Waals surface area contributed by atoms with E-state index in [2.05, 4.69) is 69.0 Å². The Bertz CT molecular complexity index is 454. The van der Waals surface area contributed by atoms with Gasteiger partial charge >= 0.3 is 95.4 Å². The molecule has 0 nitrogen and oxygen atoms in total. The maximum absolute atomic E-state index is 2.28. The van der Waals surface area contributed by atoms with E-state index in [-0.39, 0.29) is 37.2 Å². The van der Waals surface area contributed by atoms with E-state index in [1.165, 1.54) is 22.3 Å². The first kappa shape index (κ1) is 17.0. The van der Waals surface area contributed by atoms with Crippen LogP contribution in [0.3, 0.4) is 0 Å². The van der Waals surface area contributed by atoms with E-state index in [4.69, 9.17) is 0 Å². The molecule has 4 heteroatoms. The minimum absolute atomic E-state index is 0. The van der Waals surface area contributed by atoms with Crippen LogP contribution in [-0.4, -0.2) is 0 Å². The third-order valence-corrected chi connectivity index (χ3v) is 3.81. The number of hydrogen-bond donors (Lipinski definition) is 0. The molecule has 0 amide bonds. The quantitative estimate of drug-likeness (QED) is 0.425. The Kier molecular flexibility index (Phi) is 6.83. The molecule has 0 radical (unpaired) electrons. The van der Waals surface area contributed by atoms with Crippen LogP contribution >= 0.6 is 0 Å². The second-order valence-corrected chi connectivity index (χ2v) is 4.51. The Hall–Kier alpha value is 0.0243. The zero-order chi connectivity index (χ0) is 9.54. The summed E-state index contributed by atoms with van der Waals surface area (Å²) in [7, 11) is 0. The van der Waals surface area contributed by atoms with E-state index in [0.29, 0.717) is 4.22 Å². The van der Waals surface area contributed by atoms with Gasteiger partial charge in [0.25, 0.3) is 0 Å². The van der Waals surface area contributed by atoms with Crippen LogP contribution in [0.15, 0.2) is 48.5 Å². The van der Waals surface area contributed by atoms with Gasteiger partial charge in [0.05, 0.1) is 0 Å². The third kappa shape index (κ3) is 2.72. The summed E-state index contributed by atoms with van der Waals surface area (Å²) >= 11 is 2.28. The van der Waals surface area contributed by atoms with Gasteiger partial charge in [0.2, 0.25) is 0 Å². The third-order valence-electron chi connectivity index (χ3n) is 2.83. The molecule has 2 aromatic rings. The molecule has 0 N–H and O–H groups in total. The first-order chi connectivity index (χ1) is 6.88. The fourth-order valence-electron chi connectivity index (χ4n) is 2.16. The summed E-state index contributed by atoms with van der Waals surface area (Å²) in [6.45, 7) is 0. The summed E-state index contributed by atoms with van der Waals surface area (Å²) in [6.07, 6.45) is 0. The van der Waals surface area contributed by atoms with E-state index < -0.39 is 0 Å². The van der Waals surface area contributed by atoms with Gasteiger partial charge in [0, 0.05) is 0 Å². The molecular weight excluding hydrogens is 310 g/mol. The Morgan fingerprint density at radius 2 is 1.00 bits per heavy atom. The summed E-state index contributed by atoms with van der Waals surface area (Å²) in [5, 5.41) is 0. The van der Waals surface area contributed by atoms with E-state index >= 15 is 0 Å². The van der Waals surface area contributed by atoms with Crippen molar-refractivity contribution in [3.63, 3.8) is 0 Å². The van der Waals surface area contributed by atoms with Crippen LogP contribution in [0, 0.1) is 0 Å². The fourth-order valence-corrected chi connectivity index (χ4v) is 2.94. The van der Waals surface area contributed by atoms with Gasteiger partial charge in [-0.15, -0.1) is 0 Å². The van der Waals surface area contributed by atoms with Crippen LogP contribution in [0.1, 0.15) is 15.3 Å². The monoisotopic (exact) mass is 318 g/mol. The summed E-state index contributed by atoms with van der Waals surface area (Å²) < 4.78 is 0.558. The van der Waals surface area contributed by atoms with Crippen LogP contribution in [0.4, 0.5) is 0 Å². The second kappa shape index (κ2) is 6.82. The number of fused-ring (bicyclic) bond motifs is 3. The molecule has 1 aliphatic carbocycles. The van der Waals surface area contributed by atoms with E-state index in [0.717, 1.165) is 0 Å². The van der Waals surface area contributed by atoms with Crippen molar-refractivity contribution >= 4 is 0 Å². The van der Waals surface area contributed by atoms with Crippen molar-refractivity contribution in [3.05, 3.63) is 59.7 Å². The van der Waals surface area contributed by atoms with Crippen LogP contribution in [0.5, 0.6) is 0 Å². The number of rotatable bonds is 0. The van der Waals surface area contributed by atoms with Gasteiger partial charge in [0.15, 0.2) is 0 Å². The van der Waals surface area contributed by atoms with Gasteiger partial charge in [-0.05, 0) is 0 Å². The van der Waals surface area contributed by atoms with Crippen LogP contribution < -0.4 is 37.2 Å². The molecular formula is C13H9Cl3Ti. The molecule has 0 saturated carbocycles. The van der Waals surface area contributed by atoms with Crippen LogP contribution in [-0.2, 0) is 20.4 Å². The number of hydrogen-bond acceptors (Lipinski definition) is 0. The average molecular weight is 319 g/mol. The first-order valence-corrected chi connectivity index (χ1v) is 5.67. The van der Waals surface area contributed by atoms with E-state index in [1.54, 1.807) is 0 Å². The second-order valence-electron chi connectivity index (χ2n) is 3.61. The predicted octanol–water partition coefficient (Wildman–Crippen LogP) is -5.68. The summed E-state index contributed by atoms with van der Waals surface area (Å²) in [4.78, 5) is 0. The molecule has 0 bridgehead atoms. The van der Waals surface area contributed by atoms with Crippen LogP contribution in [0.2, 0.25) is 0 Å². The van der Waals surface area contributed by atoms with Gasteiger partial charge in [-0.1, -0.05) is 0 Å². The number of halogens is 3. The van der Waals surface area contributed by atoms with Crippen molar-refractivity contribution in [2.45, 2.75) is 4.22 Å².